The predicted octanol–water partition coefficient (Wildman–Crippen LogP) is 3.42. The van der Waals surface area contributed by atoms with Gasteiger partial charge in [0, 0.05) is 30.9 Å². The Balaban J connectivity index is 1.26. The van der Waals surface area contributed by atoms with E-state index in [1.54, 1.807) is 29.3 Å². The highest BCUT2D eigenvalue weighted by molar-refractivity contribution is 5.83. The number of carbonyl (C=O) groups excluding carboxylic acids is 1. The first-order chi connectivity index (χ1) is 18.0. The van der Waals surface area contributed by atoms with Crippen LogP contribution in [0.5, 0.6) is 0 Å². The van der Waals surface area contributed by atoms with Crippen LogP contribution in [0.25, 0.3) is 22.7 Å². The van der Waals surface area contributed by atoms with Gasteiger partial charge >= 0.3 is 0 Å². The summed E-state index contributed by atoms with van der Waals surface area (Å²) in [4.78, 5) is 28.5. The second kappa shape index (κ2) is 9.81. The van der Waals surface area contributed by atoms with Gasteiger partial charge in [0.2, 0.25) is 18.1 Å². The van der Waals surface area contributed by atoms with Gasteiger partial charge in [-0.25, -0.2) is 19.3 Å². The smallest absolute Gasteiger partial charge is 0.253 e. The molecule has 3 fully saturated rings. The van der Waals surface area contributed by atoms with E-state index >= 15 is 0 Å². The van der Waals surface area contributed by atoms with Crippen LogP contribution in [0.15, 0.2) is 40.9 Å². The number of hydrogen-bond acceptors (Lipinski definition) is 9. The summed E-state index contributed by atoms with van der Waals surface area (Å²) < 4.78 is 37.1. The van der Waals surface area contributed by atoms with Crippen LogP contribution < -0.4 is 5.32 Å². The zero-order chi connectivity index (χ0) is 25.4. The fourth-order valence-corrected chi connectivity index (χ4v) is 4.40. The molecule has 1 amide bonds. The summed E-state index contributed by atoms with van der Waals surface area (Å²) in [6.07, 6.45) is 2.93. The fourth-order valence-electron chi connectivity index (χ4n) is 4.40. The van der Waals surface area contributed by atoms with Crippen LogP contribution in [0.3, 0.4) is 0 Å². The minimum Gasteiger partial charge on any atom is -0.433 e. The summed E-state index contributed by atoms with van der Waals surface area (Å²) in [5.41, 5.74) is 0.847. The second-order valence-corrected chi connectivity index (χ2v) is 9.84. The number of nitrogens with one attached hydrogen (secondary N) is 1. The summed E-state index contributed by atoms with van der Waals surface area (Å²) in [6, 6.07) is 8.11. The van der Waals surface area contributed by atoms with E-state index < -0.39 is 11.7 Å². The molecule has 11 heteroatoms. The molecule has 3 aliphatic rings. The van der Waals surface area contributed by atoms with Crippen molar-refractivity contribution < 1.29 is 27.8 Å². The van der Waals surface area contributed by atoms with E-state index in [9.17, 15) is 9.18 Å². The third kappa shape index (κ3) is 5.07. The van der Waals surface area contributed by atoms with Crippen molar-refractivity contribution >= 4 is 11.9 Å². The summed E-state index contributed by atoms with van der Waals surface area (Å²) in [6.45, 7) is 4.30. The van der Waals surface area contributed by atoms with E-state index in [2.05, 4.69) is 20.3 Å². The Bertz CT molecular complexity index is 1260. The van der Waals surface area contributed by atoms with Gasteiger partial charge in [0.25, 0.3) is 5.89 Å². The Morgan fingerprint density at radius 2 is 1.81 bits per heavy atom. The number of morpholine rings is 1. The molecule has 1 aliphatic carbocycles. The lowest BCUT2D eigenvalue weighted by atomic mass is 9.90. The van der Waals surface area contributed by atoms with Gasteiger partial charge in [0.15, 0.2) is 5.76 Å². The SMILES string of the molecule is CC1(C(=O)N2CCOCC2)COC(c2nc(-c3ccc(F)cc3)c(-c3ccnc(NC4CC4)n3)o2)OC1. The zero-order valence-electron chi connectivity index (χ0n) is 20.5. The minimum atomic E-state index is -0.899. The molecule has 3 aromatic rings. The third-order valence-corrected chi connectivity index (χ3v) is 6.68. The number of aromatic nitrogens is 3. The monoisotopic (exact) mass is 509 g/mol. The van der Waals surface area contributed by atoms with Gasteiger partial charge < -0.3 is 28.8 Å². The van der Waals surface area contributed by atoms with E-state index in [1.165, 1.54) is 12.1 Å². The maximum Gasteiger partial charge on any atom is 0.253 e. The largest absolute Gasteiger partial charge is 0.433 e. The van der Waals surface area contributed by atoms with E-state index in [0.29, 0.717) is 61.0 Å². The number of anilines is 1. The first-order valence-electron chi connectivity index (χ1n) is 12.5. The normalized spacial score (nSPS) is 24.2. The standard InChI is InChI=1S/C26H28FN5O5/c1-26(24(33)32-10-12-34-13-11-32)14-35-23(36-15-26)22-31-20(16-2-4-17(27)5-3-16)21(37-22)19-8-9-28-25(30-19)29-18-6-7-18/h2-5,8-9,18,23H,6-7,10-15H2,1H3,(H,28,29,30). The summed E-state index contributed by atoms with van der Waals surface area (Å²) in [5.74, 6) is 0.727. The maximum absolute atomic E-state index is 13.6. The average molecular weight is 510 g/mol. The molecular formula is C26H28FN5O5. The number of benzene rings is 1. The topological polar surface area (TPSA) is 112 Å². The van der Waals surface area contributed by atoms with E-state index in [1.807, 2.05) is 6.92 Å². The molecule has 4 heterocycles. The van der Waals surface area contributed by atoms with E-state index in [4.69, 9.17) is 18.6 Å². The Hall–Kier alpha value is -3.41. The van der Waals surface area contributed by atoms with Gasteiger partial charge in [0.05, 0.1) is 31.8 Å². The van der Waals surface area contributed by atoms with Gasteiger partial charge in [-0.15, -0.1) is 0 Å². The van der Waals surface area contributed by atoms with Gasteiger partial charge in [0.1, 0.15) is 17.2 Å². The van der Waals surface area contributed by atoms with Crippen molar-refractivity contribution in [2.24, 2.45) is 5.41 Å². The number of hydrogen-bond donors (Lipinski definition) is 1. The van der Waals surface area contributed by atoms with Crippen LogP contribution >= 0.6 is 0 Å². The predicted molar refractivity (Wildman–Crippen MR) is 130 cm³/mol. The van der Waals surface area contributed by atoms with Crippen LogP contribution in [0.1, 0.15) is 31.9 Å². The maximum atomic E-state index is 13.6. The molecule has 0 atom stereocenters. The number of carbonyl (C=O) groups is 1. The van der Waals surface area contributed by atoms with Gasteiger partial charge in [-0.3, -0.25) is 4.79 Å². The molecule has 0 spiro atoms. The van der Waals surface area contributed by atoms with Gasteiger partial charge in [-0.05, 0) is 50.1 Å². The van der Waals surface area contributed by atoms with Gasteiger partial charge in [-0.1, -0.05) is 0 Å². The second-order valence-electron chi connectivity index (χ2n) is 9.84. The van der Waals surface area contributed by atoms with Crippen LogP contribution in [0.2, 0.25) is 0 Å². The number of rotatable bonds is 6. The highest BCUT2D eigenvalue weighted by Gasteiger charge is 2.43. The molecule has 1 aromatic carbocycles. The van der Waals surface area contributed by atoms with E-state index in [-0.39, 0.29) is 30.8 Å². The lowest BCUT2D eigenvalue weighted by Gasteiger charge is -2.39. The molecule has 2 saturated heterocycles. The van der Waals surface area contributed by atoms with Crippen molar-refractivity contribution in [1.82, 2.24) is 19.9 Å². The molecule has 194 valence electrons. The number of nitrogens with zero attached hydrogens (tertiary/aromatic N) is 4. The fraction of sp³-hybridized carbons (Fsp3) is 0.462. The number of halogens is 1. The summed E-state index contributed by atoms with van der Waals surface area (Å²) >= 11 is 0. The van der Waals surface area contributed by atoms with Crippen LogP contribution in [-0.2, 0) is 19.0 Å². The molecule has 10 nitrogen and oxygen atoms in total. The first-order valence-corrected chi connectivity index (χ1v) is 12.5. The van der Waals surface area contributed by atoms with Crippen LogP contribution in [0, 0.1) is 11.2 Å². The first kappa shape index (κ1) is 24.0. The molecule has 1 N–H and O–H groups in total. The number of oxazole rings is 1. The third-order valence-electron chi connectivity index (χ3n) is 6.68. The Labute approximate surface area is 213 Å². The lowest BCUT2D eigenvalue weighted by Crippen LogP contribution is -2.53. The highest BCUT2D eigenvalue weighted by atomic mass is 19.1. The van der Waals surface area contributed by atoms with E-state index in [0.717, 1.165) is 12.8 Å². The molecule has 6 rings (SSSR count). The van der Waals surface area contributed by atoms with Crippen molar-refractivity contribution in [3.8, 4) is 22.7 Å². The Morgan fingerprint density at radius 1 is 1.08 bits per heavy atom. The molecule has 2 aromatic heterocycles. The molecule has 0 unspecified atom stereocenters. The van der Waals surface area contributed by atoms with Crippen molar-refractivity contribution in [1.29, 1.82) is 0 Å². The number of ether oxygens (including phenoxy) is 3. The van der Waals surface area contributed by atoms with Crippen LogP contribution in [0.4, 0.5) is 10.3 Å². The zero-order valence-corrected chi connectivity index (χ0v) is 20.5. The molecule has 37 heavy (non-hydrogen) atoms. The molecule has 0 radical (unpaired) electrons. The Morgan fingerprint density at radius 3 is 2.51 bits per heavy atom. The molecule has 1 saturated carbocycles. The summed E-state index contributed by atoms with van der Waals surface area (Å²) in [7, 11) is 0. The highest BCUT2D eigenvalue weighted by Crippen LogP contribution is 2.38. The van der Waals surface area contributed by atoms with Crippen LogP contribution in [-0.4, -0.2) is 71.3 Å². The summed E-state index contributed by atoms with van der Waals surface area (Å²) in [5, 5.41) is 3.28. The van der Waals surface area contributed by atoms with Crippen molar-refractivity contribution in [2.75, 3.05) is 44.8 Å². The Kier molecular flexibility index (Phi) is 6.35. The van der Waals surface area contributed by atoms with Gasteiger partial charge in [-0.2, -0.15) is 0 Å². The van der Waals surface area contributed by atoms with Crippen molar-refractivity contribution in [3.05, 3.63) is 48.2 Å². The van der Waals surface area contributed by atoms with Crippen molar-refractivity contribution in [3.63, 3.8) is 0 Å². The van der Waals surface area contributed by atoms with Crippen molar-refractivity contribution in [2.45, 2.75) is 32.1 Å². The quantitative estimate of drug-likeness (QED) is 0.534. The molecule has 2 aliphatic heterocycles. The minimum absolute atomic E-state index is 0.0222. The molecular weight excluding hydrogens is 481 g/mol. The lowest BCUT2D eigenvalue weighted by molar-refractivity contribution is -0.239. The number of amides is 1. The molecule has 0 bridgehead atoms. The average Bonchev–Trinajstić information content (AvgIpc) is 3.64.